The highest BCUT2D eigenvalue weighted by molar-refractivity contribution is 5.99. The standard InChI is InChI=1S/C19H18N4O3/c24-18(16-11-21-23-7-2-6-20-17(16)23)22-8-5-14(12-22)9-13-3-1-4-15(10-13)19(25)26/h1-4,6-7,10-11,14H,5,8-9,12H2,(H,25,26)/t14-/m0/s1. The molecule has 0 saturated carbocycles. The molecule has 1 amide bonds. The van der Waals surface area contributed by atoms with Crippen LogP contribution in [0.4, 0.5) is 0 Å². The number of carboxylic acid groups (broad SMARTS) is 1. The van der Waals surface area contributed by atoms with Crippen LogP contribution in [0.3, 0.4) is 0 Å². The number of aromatic nitrogens is 3. The molecule has 4 rings (SSSR count). The van der Waals surface area contributed by atoms with Crippen LogP contribution in [-0.2, 0) is 6.42 Å². The van der Waals surface area contributed by atoms with Crippen molar-refractivity contribution >= 4 is 17.5 Å². The van der Waals surface area contributed by atoms with Crippen molar-refractivity contribution in [2.45, 2.75) is 12.8 Å². The van der Waals surface area contributed by atoms with Crippen molar-refractivity contribution in [1.29, 1.82) is 0 Å². The van der Waals surface area contributed by atoms with Crippen LogP contribution in [0.25, 0.3) is 5.65 Å². The minimum absolute atomic E-state index is 0.0551. The number of aromatic carboxylic acids is 1. The first kappa shape index (κ1) is 16.3. The molecule has 1 saturated heterocycles. The smallest absolute Gasteiger partial charge is 0.335 e. The van der Waals surface area contributed by atoms with Gasteiger partial charge >= 0.3 is 5.97 Å². The summed E-state index contributed by atoms with van der Waals surface area (Å²) in [5, 5.41) is 13.3. The van der Waals surface area contributed by atoms with E-state index >= 15 is 0 Å². The van der Waals surface area contributed by atoms with Crippen molar-refractivity contribution in [2.75, 3.05) is 13.1 Å². The van der Waals surface area contributed by atoms with Crippen molar-refractivity contribution < 1.29 is 14.7 Å². The van der Waals surface area contributed by atoms with Gasteiger partial charge in [0.2, 0.25) is 0 Å². The third kappa shape index (κ3) is 3.03. The predicted molar refractivity (Wildman–Crippen MR) is 94.1 cm³/mol. The number of rotatable bonds is 4. The average Bonchev–Trinajstić information content (AvgIpc) is 3.28. The van der Waals surface area contributed by atoms with Gasteiger partial charge in [-0.2, -0.15) is 5.10 Å². The number of amides is 1. The van der Waals surface area contributed by atoms with Gasteiger partial charge in [0.1, 0.15) is 5.56 Å². The van der Waals surface area contributed by atoms with Crippen LogP contribution in [0.5, 0.6) is 0 Å². The molecule has 0 radical (unpaired) electrons. The minimum Gasteiger partial charge on any atom is -0.478 e. The Morgan fingerprint density at radius 3 is 3.00 bits per heavy atom. The van der Waals surface area contributed by atoms with Gasteiger partial charge in [0, 0.05) is 25.5 Å². The lowest BCUT2D eigenvalue weighted by atomic mass is 9.97. The van der Waals surface area contributed by atoms with Gasteiger partial charge in [-0.3, -0.25) is 4.79 Å². The maximum absolute atomic E-state index is 12.8. The fourth-order valence-electron chi connectivity index (χ4n) is 3.50. The zero-order valence-electron chi connectivity index (χ0n) is 14.1. The first-order valence-corrected chi connectivity index (χ1v) is 8.51. The number of nitrogens with zero attached hydrogens (tertiary/aromatic N) is 4. The minimum atomic E-state index is -0.921. The second kappa shape index (κ2) is 6.59. The molecule has 3 aromatic rings. The molecule has 0 spiro atoms. The van der Waals surface area contributed by atoms with Gasteiger partial charge in [0.25, 0.3) is 5.91 Å². The van der Waals surface area contributed by atoms with Gasteiger partial charge in [-0.05, 0) is 42.5 Å². The lowest BCUT2D eigenvalue weighted by molar-refractivity contribution is 0.0696. The molecule has 1 aliphatic heterocycles. The number of likely N-dealkylation sites (tertiary alicyclic amines) is 1. The molecule has 1 atom stereocenters. The molecule has 7 nitrogen and oxygen atoms in total. The topological polar surface area (TPSA) is 87.8 Å². The van der Waals surface area contributed by atoms with E-state index in [-0.39, 0.29) is 5.91 Å². The summed E-state index contributed by atoms with van der Waals surface area (Å²) in [7, 11) is 0. The molecule has 1 aromatic carbocycles. The molecular formula is C19H18N4O3. The monoisotopic (exact) mass is 350 g/mol. The number of carbonyl (C=O) groups excluding carboxylic acids is 1. The Hall–Kier alpha value is -3.22. The predicted octanol–water partition coefficient (Wildman–Crippen LogP) is 2.13. The van der Waals surface area contributed by atoms with Crippen LogP contribution in [0.15, 0.2) is 48.9 Å². The number of benzene rings is 1. The zero-order chi connectivity index (χ0) is 18.1. The third-order valence-corrected chi connectivity index (χ3v) is 4.78. The molecule has 7 heteroatoms. The Morgan fingerprint density at radius 1 is 1.27 bits per heavy atom. The molecule has 132 valence electrons. The van der Waals surface area contributed by atoms with Crippen LogP contribution in [0.1, 0.15) is 32.7 Å². The Bertz CT molecular complexity index is 982. The lowest BCUT2D eigenvalue weighted by Gasteiger charge is -2.16. The van der Waals surface area contributed by atoms with Crippen LogP contribution in [0, 0.1) is 5.92 Å². The first-order valence-electron chi connectivity index (χ1n) is 8.51. The van der Waals surface area contributed by atoms with E-state index in [1.807, 2.05) is 11.0 Å². The fraction of sp³-hybridized carbons (Fsp3) is 0.263. The highest BCUT2D eigenvalue weighted by Crippen LogP contribution is 2.23. The van der Waals surface area contributed by atoms with E-state index in [0.717, 1.165) is 18.4 Å². The Labute approximate surface area is 149 Å². The maximum Gasteiger partial charge on any atom is 0.335 e. The van der Waals surface area contributed by atoms with Crippen LogP contribution in [-0.4, -0.2) is 49.6 Å². The molecule has 1 aliphatic rings. The molecular weight excluding hydrogens is 332 g/mol. The normalized spacial score (nSPS) is 16.9. The number of carbonyl (C=O) groups is 2. The quantitative estimate of drug-likeness (QED) is 0.779. The average molecular weight is 350 g/mol. The van der Waals surface area contributed by atoms with E-state index in [0.29, 0.717) is 35.8 Å². The fourth-order valence-corrected chi connectivity index (χ4v) is 3.50. The molecule has 1 fully saturated rings. The summed E-state index contributed by atoms with van der Waals surface area (Å²) in [5.41, 5.74) is 2.36. The van der Waals surface area contributed by atoms with Crippen LogP contribution >= 0.6 is 0 Å². The van der Waals surface area contributed by atoms with Gasteiger partial charge in [0.15, 0.2) is 5.65 Å². The summed E-state index contributed by atoms with van der Waals surface area (Å²) < 4.78 is 1.60. The van der Waals surface area contributed by atoms with E-state index in [9.17, 15) is 9.59 Å². The van der Waals surface area contributed by atoms with Gasteiger partial charge in [-0.1, -0.05) is 12.1 Å². The van der Waals surface area contributed by atoms with E-state index in [4.69, 9.17) is 5.11 Å². The van der Waals surface area contributed by atoms with E-state index in [1.165, 1.54) is 0 Å². The summed E-state index contributed by atoms with van der Waals surface area (Å²) in [6.45, 7) is 1.34. The molecule has 0 unspecified atom stereocenters. The van der Waals surface area contributed by atoms with Crippen molar-refractivity contribution in [3.8, 4) is 0 Å². The van der Waals surface area contributed by atoms with Crippen molar-refractivity contribution in [2.24, 2.45) is 5.92 Å². The molecule has 1 N–H and O–H groups in total. The molecule has 3 heterocycles. The highest BCUT2D eigenvalue weighted by Gasteiger charge is 2.29. The van der Waals surface area contributed by atoms with Gasteiger partial charge < -0.3 is 10.0 Å². The van der Waals surface area contributed by atoms with E-state index in [2.05, 4.69) is 10.1 Å². The van der Waals surface area contributed by atoms with E-state index < -0.39 is 5.97 Å². The number of hydrogen-bond acceptors (Lipinski definition) is 4. The second-order valence-corrected chi connectivity index (χ2v) is 6.56. The molecule has 2 aromatic heterocycles. The van der Waals surface area contributed by atoms with Crippen LogP contribution < -0.4 is 0 Å². The van der Waals surface area contributed by atoms with Crippen molar-refractivity contribution in [3.05, 3.63) is 65.6 Å². The summed E-state index contributed by atoms with van der Waals surface area (Å²) in [5.74, 6) is -0.658. The summed E-state index contributed by atoms with van der Waals surface area (Å²) in [4.78, 5) is 30.0. The summed E-state index contributed by atoms with van der Waals surface area (Å²) >= 11 is 0. The molecule has 0 bridgehead atoms. The second-order valence-electron chi connectivity index (χ2n) is 6.56. The maximum atomic E-state index is 12.8. The van der Waals surface area contributed by atoms with Crippen molar-refractivity contribution in [1.82, 2.24) is 19.5 Å². The molecule has 0 aliphatic carbocycles. The largest absolute Gasteiger partial charge is 0.478 e. The van der Waals surface area contributed by atoms with Crippen molar-refractivity contribution in [3.63, 3.8) is 0 Å². The Morgan fingerprint density at radius 2 is 2.15 bits per heavy atom. The Balaban J connectivity index is 1.46. The zero-order valence-corrected chi connectivity index (χ0v) is 14.1. The van der Waals surface area contributed by atoms with Gasteiger partial charge in [-0.15, -0.1) is 0 Å². The Kier molecular flexibility index (Phi) is 4.12. The van der Waals surface area contributed by atoms with Gasteiger partial charge in [-0.25, -0.2) is 14.3 Å². The number of carboxylic acids is 1. The SMILES string of the molecule is O=C(O)c1cccc(C[C@@H]2CCN(C(=O)c3cnn4cccnc34)C2)c1. The molecule has 26 heavy (non-hydrogen) atoms. The summed E-state index contributed by atoms with van der Waals surface area (Å²) in [6, 6.07) is 8.77. The number of fused-ring (bicyclic) bond motifs is 1. The lowest BCUT2D eigenvalue weighted by Crippen LogP contribution is -2.29. The van der Waals surface area contributed by atoms with E-state index in [1.54, 1.807) is 47.4 Å². The summed E-state index contributed by atoms with van der Waals surface area (Å²) in [6.07, 6.45) is 6.64. The third-order valence-electron chi connectivity index (χ3n) is 4.78. The van der Waals surface area contributed by atoms with Crippen LogP contribution in [0.2, 0.25) is 0 Å². The number of hydrogen-bond donors (Lipinski definition) is 1. The first-order chi connectivity index (χ1) is 12.6. The van der Waals surface area contributed by atoms with Gasteiger partial charge in [0.05, 0.1) is 11.8 Å². The highest BCUT2D eigenvalue weighted by atomic mass is 16.4.